The minimum absolute atomic E-state index is 0.205. The average molecular weight is 252 g/mol. The van der Waals surface area contributed by atoms with Gasteiger partial charge in [0.25, 0.3) is 5.91 Å². The molecule has 3 heteroatoms. The van der Waals surface area contributed by atoms with Crippen LogP contribution in [0.25, 0.3) is 0 Å². The van der Waals surface area contributed by atoms with Crippen LogP contribution in [0.5, 0.6) is 0 Å². The lowest BCUT2D eigenvalue weighted by Gasteiger charge is -2.00. The van der Waals surface area contributed by atoms with E-state index in [4.69, 9.17) is 0 Å². The Kier molecular flexibility index (Phi) is 4.08. The zero-order valence-corrected chi connectivity index (χ0v) is 11.1. The fraction of sp³-hybridized carbons (Fsp3) is 0.125. The number of benzene rings is 2. The number of carbonyl (C=O) groups is 1. The number of hydrogen-bond donors (Lipinski definition) is 1. The van der Waals surface area contributed by atoms with Gasteiger partial charge >= 0.3 is 0 Å². The van der Waals surface area contributed by atoms with Crippen LogP contribution in [0.3, 0.4) is 0 Å². The molecule has 1 N–H and O–H groups in total. The van der Waals surface area contributed by atoms with Crippen molar-refractivity contribution < 1.29 is 4.79 Å². The number of aryl methyl sites for hydroxylation is 2. The van der Waals surface area contributed by atoms with Gasteiger partial charge in [0.15, 0.2) is 0 Å². The van der Waals surface area contributed by atoms with Crippen LogP contribution in [0.1, 0.15) is 27.0 Å². The molecule has 0 saturated carbocycles. The highest BCUT2D eigenvalue weighted by Crippen LogP contribution is 2.03. The number of nitrogens with zero attached hydrogens (tertiary/aromatic N) is 1. The van der Waals surface area contributed by atoms with Gasteiger partial charge < -0.3 is 0 Å². The van der Waals surface area contributed by atoms with Crippen molar-refractivity contribution in [3.63, 3.8) is 0 Å². The van der Waals surface area contributed by atoms with Gasteiger partial charge in [0.1, 0.15) is 0 Å². The highest BCUT2D eigenvalue weighted by molar-refractivity contribution is 5.94. The molecule has 0 saturated heterocycles. The van der Waals surface area contributed by atoms with Gasteiger partial charge in [-0.3, -0.25) is 4.79 Å². The number of hydrazone groups is 1. The van der Waals surface area contributed by atoms with Crippen LogP contribution in [0.2, 0.25) is 0 Å². The summed E-state index contributed by atoms with van der Waals surface area (Å²) in [4.78, 5) is 11.8. The van der Waals surface area contributed by atoms with E-state index >= 15 is 0 Å². The van der Waals surface area contributed by atoms with Gasteiger partial charge in [-0.25, -0.2) is 5.43 Å². The maximum absolute atomic E-state index is 11.8. The monoisotopic (exact) mass is 252 g/mol. The van der Waals surface area contributed by atoms with Crippen molar-refractivity contribution in [3.8, 4) is 0 Å². The van der Waals surface area contributed by atoms with Gasteiger partial charge in [0.2, 0.25) is 0 Å². The molecule has 0 aliphatic carbocycles. The Balaban J connectivity index is 1.96. The van der Waals surface area contributed by atoms with E-state index in [1.165, 1.54) is 5.56 Å². The van der Waals surface area contributed by atoms with Crippen molar-refractivity contribution in [2.75, 3.05) is 0 Å². The molecule has 0 aromatic heterocycles. The molecule has 0 aliphatic rings. The van der Waals surface area contributed by atoms with E-state index in [1.54, 1.807) is 18.3 Å². The van der Waals surface area contributed by atoms with Gasteiger partial charge in [0.05, 0.1) is 6.21 Å². The molecule has 96 valence electrons. The molecule has 0 spiro atoms. The normalized spacial score (nSPS) is 10.6. The van der Waals surface area contributed by atoms with Crippen LogP contribution < -0.4 is 5.43 Å². The summed E-state index contributed by atoms with van der Waals surface area (Å²) in [7, 11) is 0. The predicted molar refractivity (Wildman–Crippen MR) is 77.4 cm³/mol. The van der Waals surface area contributed by atoms with Gasteiger partial charge in [-0.05, 0) is 31.5 Å². The van der Waals surface area contributed by atoms with E-state index in [-0.39, 0.29) is 5.91 Å². The molecule has 3 nitrogen and oxygen atoms in total. The lowest BCUT2D eigenvalue weighted by molar-refractivity contribution is 0.0955. The smallest absolute Gasteiger partial charge is 0.267 e. The number of nitrogens with one attached hydrogen (secondary N) is 1. The van der Waals surface area contributed by atoms with Crippen molar-refractivity contribution in [2.24, 2.45) is 5.10 Å². The largest absolute Gasteiger partial charge is 0.271 e. The van der Waals surface area contributed by atoms with Crippen molar-refractivity contribution in [2.45, 2.75) is 13.8 Å². The van der Waals surface area contributed by atoms with E-state index < -0.39 is 0 Å². The molecule has 0 fully saturated rings. The maximum atomic E-state index is 11.8. The van der Waals surface area contributed by atoms with Crippen molar-refractivity contribution in [1.29, 1.82) is 0 Å². The zero-order chi connectivity index (χ0) is 13.7. The Bertz CT molecular complexity index is 583. The molecule has 0 bridgehead atoms. The van der Waals surface area contributed by atoms with E-state index in [0.29, 0.717) is 5.56 Å². The molecule has 2 rings (SSSR count). The Hall–Kier alpha value is -2.42. The SMILES string of the molecule is Cc1ccc(C=NNC(=O)c2ccc(C)cc2)cc1. The number of rotatable bonds is 3. The summed E-state index contributed by atoms with van der Waals surface area (Å²) in [5.74, 6) is -0.205. The van der Waals surface area contributed by atoms with E-state index in [0.717, 1.165) is 11.1 Å². The number of amides is 1. The molecule has 0 atom stereocenters. The second kappa shape index (κ2) is 5.96. The van der Waals surface area contributed by atoms with Crippen LogP contribution >= 0.6 is 0 Å². The standard InChI is InChI=1S/C16H16N2O/c1-12-3-7-14(8-4-12)11-17-18-16(19)15-9-5-13(2)6-10-15/h3-11H,1-2H3,(H,18,19). The van der Waals surface area contributed by atoms with Gasteiger partial charge in [-0.2, -0.15) is 5.10 Å². The molecule has 2 aromatic carbocycles. The Morgan fingerprint density at radius 2 is 1.47 bits per heavy atom. The summed E-state index contributed by atoms with van der Waals surface area (Å²) in [6.45, 7) is 4.01. The lowest BCUT2D eigenvalue weighted by atomic mass is 10.1. The quantitative estimate of drug-likeness (QED) is 0.662. The molecule has 0 aliphatic heterocycles. The van der Waals surface area contributed by atoms with E-state index in [2.05, 4.69) is 10.5 Å². The first-order chi connectivity index (χ1) is 9.15. The Morgan fingerprint density at radius 3 is 2.05 bits per heavy atom. The third-order valence-corrected chi connectivity index (χ3v) is 2.77. The van der Waals surface area contributed by atoms with Crippen molar-refractivity contribution >= 4 is 12.1 Å². The van der Waals surface area contributed by atoms with Crippen LogP contribution in [-0.2, 0) is 0 Å². The minimum Gasteiger partial charge on any atom is -0.267 e. The van der Waals surface area contributed by atoms with Crippen LogP contribution in [0, 0.1) is 13.8 Å². The van der Waals surface area contributed by atoms with Crippen molar-refractivity contribution in [3.05, 3.63) is 70.8 Å². The van der Waals surface area contributed by atoms with E-state index in [9.17, 15) is 4.79 Å². The molecule has 0 heterocycles. The second-order valence-corrected chi connectivity index (χ2v) is 4.48. The summed E-state index contributed by atoms with van der Waals surface area (Å²) in [6, 6.07) is 15.3. The first-order valence-corrected chi connectivity index (χ1v) is 6.12. The van der Waals surface area contributed by atoms with Crippen LogP contribution in [-0.4, -0.2) is 12.1 Å². The third kappa shape index (κ3) is 3.78. The Labute approximate surface area is 113 Å². The van der Waals surface area contributed by atoms with Crippen molar-refractivity contribution in [1.82, 2.24) is 5.43 Å². The predicted octanol–water partition coefficient (Wildman–Crippen LogP) is 3.07. The summed E-state index contributed by atoms with van der Waals surface area (Å²) >= 11 is 0. The third-order valence-electron chi connectivity index (χ3n) is 2.77. The van der Waals surface area contributed by atoms with E-state index in [1.807, 2.05) is 50.2 Å². The fourth-order valence-electron chi connectivity index (χ4n) is 1.59. The summed E-state index contributed by atoms with van der Waals surface area (Å²) in [5, 5.41) is 3.95. The average Bonchev–Trinajstić information content (AvgIpc) is 2.41. The van der Waals surface area contributed by atoms with Crippen LogP contribution in [0.4, 0.5) is 0 Å². The zero-order valence-electron chi connectivity index (χ0n) is 11.1. The molecule has 2 aromatic rings. The minimum atomic E-state index is -0.205. The molecule has 0 radical (unpaired) electrons. The molecule has 19 heavy (non-hydrogen) atoms. The summed E-state index contributed by atoms with van der Waals surface area (Å²) in [6.07, 6.45) is 1.63. The van der Waals surface area contributed by atoms with Crippen LogP contribution in [0.15, 0.2) is 53.6 Å². The molecule has 0 unspecified atom stereocenters. The first kappa shape index (κ1) is 13.0. The molecular formula is C16H16N2O. The summed E-state index contributed by atoms with van der Waals surface area (Å²) < 4.78 is 0. The number of hydrogen-bond acceptors (Lipinski definition) is 2. The maximum Gasteiger partial charge on any atom is 0.271 e. The Morgan fingerprint density at radius 1 is 0.947 bits per heavy atom. The van der Waals surface area contributed by atoms with Gasteiger partial charge in [-0.1, -0.05) is 47.5 Å². The highest BCUT2D eigenvalue weighted by Gasteiger charge is 2.02. The lowest BCUT2D eigenvalue weighted by Crippen LogP contribution is -2.17. The topological polar surface area (TPSA) is 41.5 Å². The number of carbonyl (C=O) groups excluding carboxylic acids is 1. The summed E-state index contributed by atoms with van der Waals surface area (Å²) in [5.41, 5.74) is 6.39. The molecule has 1 amide bonds. The first-order valence-electron chi connectivity index (χ1n) is 6.12. The second-order valence-electron chi connectivity index (χ2n) is 4.48. The fourth-order valence-corrected chi connectivity index (χ4v) is 1.59. The highest BCUT2D eigenvalue weighted by atomic mass is 16.2. The van der Waals surface area contributed by atoms with Gasteiger partial charge in [-0.15, -0.1) is 0 Å². The van der Waals surface area contributed by atoms with Gasteiger partial charge in [0, 0.05) is 5.56 Å². The molecular weight excluding hydrogens is 236 g/mol.